The highest BCUT2D eigenvalue weighted by molar-refractivity contribution is 7.14. The van der Waals surface area contributed by atoms with E-state index in [1.807, 2.05) is 31.5 Å². The smallest absolute Gasteiger partial charge is 0.234 e. The van der Waals surface area contributed by atoms with Gasteiger partial charge in [0.15, 0.2) is 0 Å². The summed E-state index contributed by atoms with van der Waals surface area (Å²) in [6, 6.07) is 4.29. The van der Waals surface area contributed by atoms with Crippen LogP contribution < -0.4 is 10.2 Å². The fraction of sp³-hybridized carbons (Fsp3) is 0.400. The van der Waals surface area contributed by atoms with Gasteiger partial charge in [0.25, 0.3) is 0 Å². The number of nitrogens with one attached hydrogen (secondary N) is 1. The number of anilines is 1. The molecule has 0 spiro atoms. The summed E-state index contributed by atoms with van der Waals surface area (Å²) in [6.45, 7) is 7.62. The standard InChI is InChI=1S/C20H24N6OS2/c1-14(2)23-17(27)13-25-6-8-26(9-7-25)20-22-12-15(16-4-3-10-28-16)18(24-20)19-21-5-11-29-19/h3-5,10-12,14H,6-9,13H2,1-2H3,(H,23,27). The maximum atomic E-state index is 12.0. The molecule has 29 heavy (non-hydrogen) atoms. The molecule has 3 aromatic heterocycles. The number of carbonyl (C=O) groups excluding carboxylic acids is 1. The van der Waals surface area contributed by atoms with Gasteiger partial charge in [-0.3, -0.25) is 9.69 Å². The van der Waals surface area contributed by atoms with Crippen molar-refractivity contribution in [3.63, 3.8) is 0 Å². The van der Waals surface area contributed by atoms with Crippen molar-refractivity contribution in [3.8, 4) is 21.1 Å². The van der Waals surface area contributed by atoms with Crippen molar-refractivity contribution < 1.29 is 4.79 Å². The van der Waals surface area contributed by atoms with Gasteiger partial charge in [0.2, 0.25) is 11.9 Å². The first kappa shape index (κ1) is 19.9. The minimum atomic E-state index is 0.0797. The molecule has 1 aliphatic heterocycles. The van der Waals surface area contributed by atoms with Crippen LogP contribution in [-0.2, 0) is 4.79 Å². The van der Waals surface area contributed by atoms with E-state index >= 15 is 0 Å². The Bertz CT molecular complexity index is 934. The van der Waals surface area contributed by atoms with Crippen molar-refractivity contribution in [3.05, 3.63) is 35.3 Å². The largest absolute Gasteiger partial charge is 0.353 e. The summed E-state index contributed by atoms with van der Waals surface area (Å²) in [6.07, 6.45) is 3.72. The number of thiophene rings is 1. The van der Waals surface area contributed by atoms with Gasteiger partial charge in [-0.25, -0.2) is 15.0 Å². The third-order valence-corrected chi connectivity index (χ3v) is 6.35. The van der Waals surface area contributed by atoms with E-state index in [2.05, 4.69) is 36.5 Å². The predicted molar refractivity (Wildman–Crippen MR) is 118 cm³/mol. The van der Waals surface area contributed by atoms with Crippen molar-refractivity contribution in [2.45, 2.75) is 19.9 Å². The van der Waals surface area contributed by atoms with Crippen LogP contribution in [0.5, 0.6) is 0 Å². The van der Waals surface area contributed by atoms with Gasteiger partial charge in [-0.1, -0.05) is 6.07 Å². The van der Waals surface area contributed by atoms with E-state index in [0.29, 0.717) is 6.54 Å². The number of aromatic nitrogens is 3. The lowest BCUT2D eigenvalue weighted by Crippen LogP contribution is -2.50. The first-order chi connectivity index (χ1) is 14.1. The molecule has 1 saturated heterocycles. The normalized spacial score (nSPS) is 15.1. The highest BCUT2D eigenvalue weighted by atomic mass is 32.1. The Morgan fingerprint density at radius 1 is 1.17 bits per heavy atom. The first-order valence-electron chi connectivity index (χ1n) is 9.67. The molecule has 4 heterocycles. The predicted octanol–water partition coefficient (Wildman–Crippen LogP) is 2.98. The molecule has 0 unspecified atom stereocenters. The zero-order valence-corrected chi connectivity index (χ0v) is 18.2. The second-order valence-corrected chi connectivity index (χ2v) is 9.07. The molecule has 1 fully saturated rings. The molecule has 0 aromatic carbocycles. The number of carbonyl (C=O) groups is 1. The summed E-state index contributed by atoms with van der Waals surface area (Å²) in [4.78, 5) is 31.5. The third kappa shape index (κ3) is 4.80. The molecule has 1 aliphatic rings. The van der Waals surface area contributed by atoms with E-state index in [0.717, 1.165) is 53.3 Å². The Labute approximate surface area is 178 Å². The summed E-state index contributed by atoms with van der Waals surface area (Å²) in [5, 5.41) is 7.88. The number of thiazole rings is 1. The fourth-order valence-corrected chi connectivity index (χ4v) is 4.69. The van der Waals surface area contributed by atoms with Crippen molar-refractivity contribution in [1.82, 2.24) is 25.2 Å². The Morgan fingerprint density at radius 3 is 2.66 bits per heavy atom. The van der Waals surface area contributed by atoms with Crippen molar-refractivity contribution in [1.29, 1.82) is 0 Å². The van der Waals surface area contributed by atoms with Crippen LogP contribution in [0.4, 0.5) is 5.95 Å². The SMILES string of the molecule is CC(C)NC(=O)CN1CCN(c2ncc(-c3cccs3)c(-c3nccs3)n2)CC1. The summed E-state index contributed by atoms with van der Waals surface area (Å²) < 4.78 is 0. The highest BCUT2D eigenvalue weighted by Gasteiger charge is 2.23. The van der Waals surface area contributed by atoms with Crippen LogP contribution in [0.2, 0.25) is 0 Å². The number of nitrogens with zero attached hydrogens (tertiary/aromatic N) is 5. The molecule has 7 nitrogen and oxygen atoms in total. The van der Waals surface area contributed by atoms with Gasteiger partial charge >= 0.3 is 0 Å². The van der Waals surface area contributed by atoms with Gasteiger partial charge in [0.05, 0.1) is 6.54 Å². The number of amides is 1. The quantitative estimate of drug-likeness (QED) is 0.651. The van der Waals surface area contributed by atoms with Crippen molar-refractivity contribution in [2.24, 2.45) is 0 Å². The number of hydrogen-bond acceptors (Lipinski definition) is 8. The molecule has 3 aromatic rings. The van der Waals surface area contributed by atoms with E-state index in [9.17, 15) is 4.79 Å². The lowest BCUT2D eigenvalue weighted by molar-refractivity contribution is -0.122. The van der Waals surface area contributed by atoms with Crippen molar-refractivity contribution in [2.75, 3.05) is 37.6 Å². The van der Waals surface area contributed by atoms with E-state index in [1.54, 1.807) is 28.9 Å². The van der Waals surface area contributed by atoms with E-state index < -0.39 is 0 Å². The van der Waals surface area contributed by atoms with Crippen LogP contribution in [0, 0.1) is 0 Å². The Kier molecular flexibility index (Phi) is 6.17. The third-order valence-electron chi connectivity index (χ3n) is 4.67. The van der Waals surface area contributed by atoms with E-state index in [4.69, 9.17) is 4.98 Å². The first-order valence-corrected chi connectivity index (χ1v) is 11.4. The molecule has 1 amide bonds. The van der Waals surface area contributed by atoms with Gasteiger partial charge in [-0.05, 0) is 25.3 Å². The highest BCUT2D eigenvalue weighted by Crippen LogP contribution is 2.34. The van der Waals surface area contributed by atoms with Gasteiger partial charge in [0.1, 0.15) is 10.7 Å². The number of rotatable bonds is 6. The minimum absolute atomic E-state index is 0.0797. The molecule has 1 N–H and O–H groups in total. The maximum Gasteiger partial charge on any atom is 0.234 e. The average Bonchev–Trinajstić information content (AvgIpc) is 3.42. The lowest BCUT2D eigenvalue weighted by atomic mass is 10.2. The van der Waals surface area contributed by atoms with Gasteiger partial charge < -0.3 is 10.2 Å². The van der Waals surface area contributed by atoms with E-state index in [-0.39, 0.29) is 11.9 Å². The summed E-state index contributed by atoms with van der Waals surface area (Å²) in [5.74, 6) is 0.804. The molecule has 4 rings (SSSR count). The molecule has 152 valence electrons. The number of hydrogen-bond donors (Lipinski definition) is 1. The van der Waals surface area contributed by atoms with Crippen LogP contribution in [0.3, 0.4) is 0 Å². The summed E-state index contributed by atoms with van der Waals surface area (Å²) >= 11 is 3.26. The molecule has 0 radical (unpaired) electrons. The maximum absolute atomic E-state index is 12.0. The zero-order valence-electron chi connectivity index (χ0n) is 16.5. The van der Waals surface area contributed by atoms with E-state index in [1.165, 1.54) is 0 Å². The molecule has 0 bridgehead atoms. The molecule has 0 aliphatic carbocycles. The topological polar surface area (TPSA) is 74.2 Å². The van der Waals surface area contributed by atoms with Crippen molar-refractivity contribution >= 4 is 34.5 Å². The Hall–Kier alpha value is -2.36. The lowest BCUT2D eigenvalue weighted by Gasteiger charge is -2.34. The van der Waals surface area contributed by atoms with Crippen LogP contribution in [0.15, 0.2) is 35.3 Å². The molecule has 0 saturated carbocycles. The Morgan fingerprint density at radius 2 is 2.00 bits per heavy atom. The fourth-order valence-electron chi connectivity index (χ4n) is 3.32. The van der Waals surface area contributed by atoms with Gasteiger partial charge in [0, 0.05) is 60.4 Å². The Balaban J connectivity index is 1.49. The van der Waals surface area contributed by atoms with Gasteiger partial charge in [-0.15, -0.1) is 22.7 Å². The van der Waals surface area contributed by atoms with Crippen LogP contribution in [0.25, 0.3) is 21.1 Å². The van der Waals surface area contributed by atoms with Crippen LogP contribution in [-0.4, -0.2) is 64.5 Å². The molecule has 0 atom stereocenters. The second-order valence-electron chi connectivity index (χ2n) is 7.23. The number of piperazine rings is 1. The summed E-state index contributed by atoms with van der Waals surface area (Å²) in [7, 11) is 0. The van der Waals surface area contributed by atoms with Crippen LogP contribution in [0.1, 0.15) is 13.8 Å². The summed E-state index contributed by atoms with van der Waals surface area (Å²) in [5.41, 5.74) is 1.90. The van der Waals surface area contributed by atoms with Crippen LogP contribution >= 0.6 is 22.7 Å². The molecular formula is C20H24N6OS2. The van der Waals surface area contributed by atoms with Gasteiger partial charge in [-0.2, -0.15) is 0 Å². The second kappa shape index (κ2) is 8.98. The average molecular weight is 429 g/mol. The molecular weight excluding hydrogens is 404 g/mol. The monoisotopic (exact) mass is 428 g/mol. The minimum Gasteiger partial charge on any atom is -0.353 e. The zero-order chi connectivity index (χ0) is 20.2. The molecule has 9 heteroatoms.